The Labute approximate surface area is 104 Å². The first kappa shape index (κ1) is 11.5. The molecule has 0 bridgehead atoms. The SMILES string of the molecule is Oc1cccc(C=NNc2ccccc2Cl)c1. The number of rotatable bonds is 3. The van der Waals surface area contributed by atoms with E-state index in [0.717, 1.165) is 11.3 Å². The first-order valence-corrected chi connectivity index (χ1v) is 5.46. The van der Waals surface area contributed by atoms with E-state index in [0.29, 0.717) is 5.02 Å². The van der Waals surface area contributed by atoms with Crippen LogP contribution in [0.25, 0.3) is 0 Å². The number of hydrogen-bond donors (Lipinski definition) is 2. The van der Waals surface area contributed by atoms with Crippen molar-refractivity contribution in [3.05, 3.63) is 59.1 Å². The summed E-state index contributed by atoms with van der Waals surface area (Å²) in [6.07, 6.45) is 1.61. The molecule has 0 aliphatic heterocycles. The summed E-state index contributed by atoms with van der Waals surface area (Å²) in [4.78, 5) is 0. The molecule has 0 radical (unpaired) electrons. The number of para-hydroxylation sites is 1. The number of nitrogens with one attached hydrogen (secondary N) is 1. The van der Waals surface area contributed by atoms with E-state index in [4.69, 9.17) is 11.6 Å². The van der Waals surface area contributed by atoms with E-state index in [9.17, 15) is 5.11 Å². The molecular weight excluding hydrogens is 236 g/mol. The Morgan fingerprint density at radius 1 is 1.12 bits per heavy atom. The Kier molecular flexibility index (Phi) is 3.62. The Morgan fingerprint density at radius 2 is 1.94 bits per heavy atom. The minimum Gasteiger partial charge on any atom is -0.508 e. The molecule has 0 heterocycles. The van der Waals surface area contributed by atoms with Crippen molar-refractivity contribution in [2.75, 3.05) is 5.43 Å². The molecule has 0 saturated heterocycles. The Balaban J connectivity index is 2.06. The Bertz CT molecular complexity index is 540. The standard InChI is InChI=1S/C13H11ClN2O/c14-12-6-1-2-7-13(12)16-15-9-10-4-3-5-11(17)8-10/h1-9,16-17H. The van der Waals surface area contributed by atoms with E-state index in [-0.39, 0.29) is 5.75 Å². The molecule has 17 heavy (non-hydrogen) atoms. The zero-order chi connectivity index (χ0) is 12.1. The lowest BCUT2D eigenvalue weighted by Gasteiger charge is -2.01. The molecule has 0 unspecified atom stereocenters. The number of hydrogen-bond acceptors (Lipinski definition) is 3. The van der Waals surface area contributed by atoms with Gasteiger partial charge in [0.25, 0.3) is 0 Å². The van der Waals surface area contributed by atoms with Gasteiger partial charge < -0.3 is 5.11 Å². The number of phenolic OH excluding ortho intramolecular Hbond substituents is 1. The third-order valence-electron chi connectivity index (χ3n) is 2.14. The number of halogens is 1. The Hall–Kier alpha value is -2.00. The van der Waals surface area contributed by atoms with Gasteiger partial charge in [0.1, 0.15) is 5.75 Å². The molecule has 2 aromatic carbocycles. The topological polar surface area (TPSA) is 44.6 Å². The number of nitrogens with zero attached hydrogens (tertiary/aromatic N) is 1. The molecule has 2 N–H and O–H groups in total. The van der Waals surface area contributed by atoms with Crippen LogP contribution in [0.15, 0.2) is 53.6 Å². The van der Waals surface area contributed by atoms with Gasteiger partial charge >= 0.3 is 0 Å². The summed E-state index contributed by atoms with van der Waals surface area (Å²) in [5.41, 5.74) is 4.39. The van der Waals surface area contributed by atoms with E-state index in [2.05, 4.69) is 10.5 Å². The first-order valence-electron chi connectivity index (χ1n) is 5.08. The molecule has 4 heteroatoms. The first-order chi connectivity index (χ1) is 8.25. The molecular formula is C13H11ClN2O. The molecule has 3 nitrogen and oxygen atoms in total. The van der Waals surface area contributed by atoms with Gasteiger partial charge in [0.2, 0.25) is 0 Å². The second kappa shape index (κ2) is 5.37. The van der Waals surface area contributed by atoms with Gasteiger partial charge in [-0.1, -0.05) is 35.9 Å². The third kappa shape index (κ3) is 3.23. The van der Waals surface area contributed by atoms with Crippen molar-refractivity contribution < 1.29 is 5.11 Å². The summed E-state index contributed by atoms with van der Waals surface area (Å²) in [6.45, 7) is 0. The van der Waals surface area contributed by atoms with Gasteiger partial charge in [-0.2, -0.15) is 5.10 Å². The molecule has 0 saturated carbocycles. The highest BCUT2D eigenvalue weighted by Crippen LogP contribution is 2.20. The van der Waals surface area contributed by atoms with Gasteiger partial charge in [-0.15, -0.1) is 0 Å². The van der Waals surface area contributed by atoms with E-state index in [1.807, 2.05) is 24.3 Å². The van der Waals surface area contributed by atoms with Crippen molar-refractivity contribution in [1.82, 2.24) is 0 Å². The lowest BCUT2D eigenvalue weighted by Crippen LogP contribution is -1.90. The van der Waals surface area contributed by atoms with Crippen LogP contribution in [0.3, 0.4) is 0 Å². The lowest BCUT2D eigenvalue weighted by atomic mass is 10.2. The zero-order valence-corrected chi connectivity index (χ0v) is 9.72. The van der Waals surface area contributed by atoms with E-state index in [1.165, 1.54) is 0 Å². The van der Waals surface area contributed by atoms with Gasteiger partial charge in [0, 0.05) is 0 Å². The predicted molar refractivity (Wildman–Crippen MR) is 70.8 cm³/mol. The highest BCUT2D eigenvalue weighted by molar-refractivity contribution is 6.33. The largest absolute Gasteiger partial charge is 0.508 e. The average molecular weight is 247 g/mol. The summed E-state index contributed by atoms with van der Waals surface area (Å²) in [6, 6.07) is 14.2. The Morgan fingerprint density at radius 3 is 2.71 bits per heavy atom. The molecule has 0 atom stereocenters. The fourth-order valence-electron chi connectivity index (χ4n) is 1.33. The zero-order valence-electron chi connectivity index (χ0n) is 8.97. The van der Waals surface area contributed by atoms with Crippen molar-refractivity contribution >= 4 is 23.5 Å². The van der Waals surface area contributed by atoms with Crippen LogP contribution < -0.4 is 5.43 Å². The molecule has 86 valence electrons. The van der Waals surface area contributed by atoms with Crippen LogP contribution in [0.5, 0.6) is 5.75 Å². The fraction of sp³-hybridized carbons (Fsp3) is 0. The van der Waals surface area contributed by atoms with Crippen LogP contribution in [0, 0.1) is 0 Å². The van der Waals surface area contributed by atoms with Gasteiger partial charge in [0.05, 0.1) is 16.9 Å². The fourth-order valence-corrected chi connectivity index (χ4v) is 1.51. The van der Waals surface area contributed by atoms with Crippen LogP contribution in [-0.2, 0) is 0 Å². The number of aromatic hydroxyl groups is 1. The van der Waals surface area contributed by atoms with E-state index >= 15 is 0 Å². The minimum absolute atomic E-state index is 0.215. The maximum Gasteiger partial charge on any atom is 0.116 e. The van der Waals surface area contributed by atoms with Crippen molar-refractivity contribution in [3.8, 4) is 5.75 Å². The highest BCUT2D eigenvalue weighted by Gasteiger charge is 1.95. The van der Waals surface area contributed by atoms with Crippen molar-refractivity contribution in [2.24, 2.45) is 5.10 Å². The molecule has 0 fully saturated rings. The minimum atomic E-state index is 0.215. The summed E-state index contributed by atoms with van der Waals surface area (Å²) < 4.78 is 0. The number of benzene rings is 2. The second-order valence-electron chi connectivity index (χ2n) is 3.44. The molecule has 0 aromatic heterocycles. The summed E-state index contributed by atoms with van der Waals surface area (Å²) in [5, 5.41) is 13.9. The maximum atomic E-state index is 9.27. The summed E-state index contributed by atoms with van der Waals surface area (Å²) in [7, 11) is 0. The number of phenols is 1. The van der Waals surface area contributed by atoms with Crippen LogP contribution >= 0.6 is 11.6 Å². The smallest absolute Gasteiger partial charge is 0.116 e. The number of hydrazone groups is 1. The van der Waals surface area contributed by atoms with Crippen molar-refractivity contribution in [2.45, 2.75) is 0 Å². The van der Waals surface area contributed by atoms with E-state index in [1.54, 1.807) is 30.5 Å². The van der Waals surface area contributed by atoms with Crippen molar-refractivity contribution in [1.29, 1.82) is 0 Å². The van der Waals surface area contributed by atoms with Gasteiger partial charge in [-0.25, -0.2) is 0 Å². The average Bonchev–Trinajstić information content (AvgIpc) is 2.32. The molecule has 2 aromatic rings. The molecule has 0 aliphatic carbocycles. The van der Waals surface area contributed by atoms with Gasteiger partial charge in [-0.05, 0) is 29.8 Å². The van der Waals surface area contributed by atoms with Crippen LogP contribution in [0.1, 0.15) is 5.56 Å². The quantitative estimate of drug-likeness (QED) is 0.643. The maximum absolute atomic E-state index is 9.27. The van der Waals surface area contributed by atoms with Crippen LogP contribution in [0.4, 0.5) is 5.69 Å². The van der Waals surface area contributed by atoms with Gasteiger partial charge in [-0.3, -0.25) is 5.43 Å². The van der Waals surface area contributed by atoms with Gasteiger partial charge in [0.15, 0.2) is 0 Å². The summed E-state index contributed by atoms with van der Waals surface area (Å²) in [5.74, 6) is 0.215. The van der Waals surface area contributed by atoms with Crippen LogP contribution in [-0.4, -0.2) is 11.3 Å². The monoisotopic (exact) mass is 246 g/mol. The third-order valence-corrected chi connectivity index (χ3v) is 2.47. The van der Waals surface area contributed by atoms with Crippen molar-refractivity contribution in [3.63, 3.8) is 0 Å². The second-order valence-corrected chi connectivity index (χ2v) is 3.85. The lowest BCUT2D eigenvalue weighted by molar-refractivity contribution is 0.475. The van der Waals surface area contributed by atoms with Crippen LogP contribution in [0.2, 0.25) is 5.02 Å². The van der Waals surface area contributed by atoms with E-state index < -0.39 is 0 Å². The normalized spacial score (nSPS) is 10.6. The highest BCUT2D eigenvalue weighted by atomic mass is 35.5. The molecule has 2 rings (SSSR count). The predicted octanol–water partition coefficient (Wildman–Crippen LogP) is 3.49. The molecule has 0 aliphatic rings. The summed E-state index contributed by atoms with van der Waals surface area (Å²) >= 11 is 5.95. The number of anilines is 1. The molecule has 0 amide bonds. The molecule has 0 spiro atoms.